The molecule has 0 saturated carbocycles. The second-order valence-electron chi connectivity index (χ2n) is 4.72. The molecule has 0 amide bonds. The van der Waals surface area contributed by atoms with Gasteiger partial charge in [-0.25, -0.2) is 0 Å². The van der Waals surface area contributed by atoms with Crippen molar-refractivity contribution in [1.29, 1.82) is 0 Å². The van der Waals surface area contributed by atoms with Crippen molar-refractivity contribution in [1.82, 2.24) is 0 Å². The van der Waals surface area contributed by atoms with Crippen LogP contribution in [0.1, 0.15) is 32.4 Å². The summed E-state index contributed by atoms with van der Waals surface area (Å²) in [5.74, 6) is -0.290. The van der Waals surface area contributed by atoms with Crippen LogP contribution in [0.2, 0.25) is 0 Å². The molecule has 17 heavy (non-hydrogen) atoms. The Hall–Kier alpha value is -1.55. The van der Waals surface area contributed by atoms with Gasteiger partial charge in [-0.15, -0.1) is 0 Å². The predicted octanol–water partition coefficient (Wildman–Crippen LogP) is 2.23. The minimum atomic E-state index is -0.914. The predicted molar refractivity (Wildman–Crippen MR) is 64.0 cm³/mol. The van der Waals surface area contributed by atoms with E-state index in [1.807, 2.05) is 0 Å². The molecule has 4 nitrogen and oxygen atoms in total. The molecule has 94 valence electrons. The number of carboxylic acid groups (broad SMARTS) is 1. The molecule has 1 atom stereocenters. The number of ether oxygens (including phenoxy) is 1. The third kappa shape index (κ3) is 3.75. The highest BCUT2D eigenvalue weighted by molar-refractivity contribution is 5.73. The first-order chi connectivity index (χ1) is 7.83. The SMILES string of the molecule is C[C@H](O)c1ccc(OCC(C)(C)C(=O)O)cc1. The van der Waals surface area contributed by atoms with Gasteiger partial charge in [0, 0.05) is 0 Å². The molecule has 0 bridgehead atoms. The Morgan fingerprint density at radius 3 is 2.29 bits per heavy atom. The molecule has 0 fully saturated rings. The highest BCUT2D eigenvalue weighted by Gasteiger charge is 2.28. The lowest BCUT2D eigenvalue weighted by Crippen LogP contribution is -2.30. The Kier molecular flexibility index (Phi) is 4.12. The summed E-state index contributed by atoms with van der Waals surface area (Å²) in [6.45, 7) is 5.01. The second kappa shape index (κ2) is 5.19. The van der Waals surface area contributed by atoms with Crippen molar-refractivity contribution in [3.8, 4) is 5.75 Å². The summed E-state index contributed by atoms with van der Waals surface area (Å²) in [5, 5.41) is 18.3. The molecule has 0 saturated heterocycles. The number of carboxylic acids is 1. The molecule has 0 heterocycles. The smallest absolute Gasteiger partial charge is 0.312 e. The Morgan fingerprint density at radius 1 is 1.35 bits per heavy atom. The fourth-order valence-electron chi connectivity index (χ4n) is 1.17. The van der Waals surface area contributed by atoms with Gasteiger partial charge >= 0.3 is 5.97 Å². The van der Waals surface area contributed by atoms with Gasteiger partial charge in [-0.1, -0.05) is 12.1 Å². The number of aliphatic hydroxyl groups excluding tert-OH is 1. The third-order valence-electron chi connectivity index (χ3n) is 2.54. The van der Waals surface area contributed by atoms with E-state index < -0.39 is 17.5 Å². The number of rotatable bonds is 5. The first kappa shape index (κ1) is 13.5. The van der Waals surface area contributed by atoms with Gasteiger partial charge < -0.3 is 14.9 Å². The average Bonchev–Trinajstić information content (AvgIpc) is 2.27. The van der Waals surface area contributed by atoms with Gasteiger partial charge in [0.25, 0.3) is 0 Å². The lowest BCUT2D eigenvalue weighted by atomic mass is 9.95. The third-order valence-corrected chi connectivity index (χ3v) is 2.54. The number of carbonyl (C=O) groups is 1. The van der Waals surface area contributed by atoms with E-state index in [0.717, 1.165) is 5.56 Å². The lowest BCUT2D eigenvalue weighted by molar-refractivity contribution is -0.148. The maximum absolute atomic E-state index is 10.9. The van der Waals surface area contributed by atoms with Crippen molar-refractivity contribution in [2.75, 3.05) is 6.61 Å². The summed E-state index contributed by atoms with van der Waals surface area (Å²) < 4.78 is 5.40. The normalized spacial score (nSPS) is 13.2. The zero-order chi connectivity index (χ0) is 13.1. The van der Waals surface area contributed by atoms with E-state index in [9.17, 15) is 9.90 Å². The number of aliphatic hydroxyl groups is 1. The summed E-state index contributed by atoms with van der Waals surface area (Å²) in [5.41, 5.74) is -0.113. The van der Waals surface area contributed by atoms with E-state index in [4.69, 9.17) is 9.84 Å². The van der Waals surface area contributed by atoms with Gasteiger partial charge in [0.1, 0.15) is 12.4 Å². The Morgan fingerprint density at radius 2 is 1.88 bits per heavy atom. The van der Waals surface area contributed by atoms with E-state index in [-0.39, 0.29) is 6.61 Å². The molecule has 0 aliphatic heterocycles. The number of aliphatic carboxylic acids is 1. The van der Waals surface area contributed by atoms with Gasteiger partial charge in [-0.05, 0) is 38.5 Å². The molecule has 0 aromatic heterocycles. The molecule has 0 unspecified atom stereocenters. The topological polar surface area (TPSA) is 66.8 Å². The minimum absolute atomic E-state index is 0.107. The number of hydrogen-bond acceptors (Lipinski definition) is 3. The van der Waals surface area contributed by atoms with Crippen LogP contribution < -0.4 is 4.74 Å². The van der Waals surface area contributed by atoms with Gasteiger partial charge in [0.15, 0.2) is 0 Å². The number of hydrogen-bond donors (Lipinski definition) is 2. The Balaban J connectivity index is 2.62. The fraction of sp³-hybridized carbons (Fsp3) is 0.462. The van der Waals surface area contributed by atoms with Gasteiger partial charge in [0.05, 0.1) is 11.5 Å². The first-order valence-corrected chi connectivity index (χ1v) is 5.47. The van der Waals surface area contributed by atoms with Crippen LogP contribution in [-0.4, -0.2) is 22.8 Å². The number of benzene rings is 1. The van der Waals surface area contributed by atoms with Crippen LogP contribution >= 0.6 is 0 Å². The minimum Gasteiger partial charge on any atom is -0.492 e. The van der Waals surface area contributed by atoms with Gasteiger partial charge in [-0.3, -0.25) is 4.79 Å². The monoisotopic (exact) mass is 238 g/mol. The van der Waals surface area contributed by atoms with E-state index in [1.54, 1.807) is 45.0 Å². The van der Waals surface area contributed by atoms with Crippen molar-refractivity contribution < 1.29 is 19.7 Å². The highest BCUT2D eigenvalue weighted by atomic mass is 16.5. The summed E-state index contributed by atoms with van der Waals surface area (Å²) in [4.78, 5) is 10.9. The molecular weight excluding hydrogens is 220 g/mol. The largest absolute Gasteiger partial charge is 0.492 e. The molecule has 4 heteroatoms. The van der Waals surface area contributed by atoms with E-state index in [0.29, 0.717) is 5.75 Å². The first-order valence-electron chi connectivity index (χ1n) is 5.47. The Bertz CT molecular complexity index is 379. The lowest BCUT2D eigenvalue weighted by Gasteiger charge is -2.19. The van der Waals surface area contributed by atoms with E-state index in [2.05, 4.69) is 0 Å². The standard InChI is InChI=1S/C13H18O4/c1-9(14)10-4-6-11(7-5-10)17-8-13(2,3)12(15)16/h4-7,9,14H,8H2,1-3H3,(H,15,16)/t9-/m0/s1. The van der Waals surface area contributed by atoms with Crippen molar-refractivity contribution >= 4 is 5.97 Å². The molecule has 0 radical (unpaired) electrons. The summed E-state index contributed by atoms with van der Waals surface area (Å²) in [6.07, 6.45) is -0.514. The van der Waals surface area contributed by atoms with Crippen LogP contribution in [0.25, 0.3) is 0 Å². The average molecular weight is 238 g/mol. The van der Waals surface area contributed by atoms with Crippen LogP contribution in [0.5, 0.6) is 5.75 Å². The van der Waals surface area contributed by atoms with E-state index >= 15 is 0 Å². The molecule has 2 N–H and O–H groups in total. The van der Waals surface area contributed by atoms with Crippen LogP contribution in [0, 0.1) is 5.41 Å². The van der Waals surface area contributed by atoms with Crippen molar-refractivity contribution in [2.45, 2.75) is 26.9 Å². The quantitative estimate of drug-likeness (QED) is 0.825. The highest BCUT2D eigenvalue weighted by Crippen LogP contribution is 2.21. The van der Waals surface area contributed by atoms with Crippen LogP contribution in [0.3, 0.4) is 0 Å². The zero-order valence-electron chi connectivity index (χ0n) is 10.3. The second-order valence-corrected chi connectivity index (χ2v) is 4.72. The van der Waals surface area contributed by atoms with Crippen LogP contribution in [0.15, 0.2) is 24.3 Å². The molecule has 1 aromatic carbocycles. The molecule has 0 aliphatic carbocycles. The molecule has 1 rings (SSSR count). The molecule has 0 aliphatic rings. The maximum Gasteiger partial charge on any atom is 0.312 e. The fourth-order valence-corrected chi connectivity index (χ4v) is 1.17. The van der Waals surface area contributed by atoms with Crippen molar-refractivity contribution in [3.63, 3.8) is 0 Å². The van der Waals surface area contributed by atoms with Crippen LogP contribution in [0.4, 0.5) is 0 Å². The molecule has 0 spiro atoms. The summed E-state index contributed by atoms with van der Waals surface area (Å²) in [7, 11) is 0. The molecule has 1 aromatic rings. The van der Waals surface area contributed by atoms with Gasteiger partial charge in [-0.2, -0.15) is 0 Å². The summed E-state index contributed by atoms with van der Waals surface area (Å²) in [6, 6.07) is 6.96. The van der Waals surface area contributed by atoms with Crippen molar-refractivity contribution in [3.05, 3.63) is 29.8 Å². The zero-order valence-corrected chi connectivity index (χ0v) is 10.3. The Labute approximate surface area is 101 Å². The van der Waals surface area contributed by atoms with E-state index in [1.165, 1.54) is 0 Å². The summed E-state index contributed by atoms with van der Waals surface area (Å²) >= 11 is 0. The van der Waals surface area contributed by atoms with Crippen LogP contribution in [-0.2, 0) is 4.79 Å². The van der Waals surface area contributed by atoms with Crippen molar-refractivity contribution in [2.24, 2.45) is 5.41 Å². The molecular formula is C13H18O4. The maximum atomic E-state index is 10.9. The van der Waals surface area contributed by atoms with Gasteiger partial charge in [0.2, 0.25) is 0 Å².